The first kappa shape index (κ1) is 24.9. The van der Waals surface area contributed by atoms with Crippen LogP contribution in [0.4, 0.5) is 18.0 Å². The molecule has 1 fully saturated rings. The summed E-state index contributed by atoms with van der Waals surface area (Å²) < 4.78 is 52.9. The second-order valence-electron chi connectivity index (χ2n) is 7.47. The fourth-order valence-corrected chi connectivity index (χ4v) is 4.23. The average molecular weight is 514 g/mol. The number of carbonyl (C=O) groups is 2. The topological polar surface area (TPSA) is 97.5 Å². The molecule has 0 unspecified atom stereocenters. The number of halogens is 3. The first-order chi connectivity index (χ1) is 17.2. The van der Waals surface area contributed by atoms with Gasteiger partial charge in [0.1, 0.15) is 5.75 Å². The van der Waals surface area contributed by atoms with Gasteiger partial charge in [-0.15, -0.1) is 0 Å². The van der Waals surface area contributed by atoms with E-state index in [-0.39, 0.29) is 28.5 Å². The smallest absolute Gasteiger partial charge is 0.420 e. The number of aromatic nitrogens is 2. The molecule has 1 aliphatic heterocycles. The molecule has 0 radical (unpaired) electrons. The van der Waals surface area contributed by atoms with E-state index >= 15 is 0 Å². The number of benzene rings is 2. The lowest BCUT2D eigenvalue weighted by atomic mass is 10.1. The number of hydrogen-bond acceptors (Lipinski definition) is 7. The summed E-state index contributed by atoms with van der Waals surface area (Å²) >= 11 is 0.792. The minimum atomic E-state index is -4.74. The number of hydrogen-bond donors (Lipinski definition) is 0. The third-order valence-corrected chi connectivity index (χ3v) is 6.04. The third kappa shape index (κ3) is 5.36. The number of nitrogens with zero attached hydrogens (tertiary/aromatic N) is 4. The number of nitriles is 1. The molecule has 8 nitrogen and oxygen atoms in total. The number of carbonyl (C=O) groups excluding carboxylic acids is 2. The summed E-state index contributed by atoms with van der Waals surface area (Å²) in [6, 6.07) is 9.06. The molecule has 0 N–H and O–H groups in total. The van der Waals surface area contributed by atoms with Crippen LogP contribution in [0.15, 0.2) is 60.0 Å². The van der Waals surface area contributed by atoms with E-state index in [1.165, 1.54) is 37.5 Å². The quantitative estimate of drug-likeness (QED) is 0.394. The fourth-order valence-electron chi connectivity index (χ4n) is 3.37. The predicted molar refractivity (Wildman–Crippen MR) is 124 cm³/mol. The van der Waals surface area contributed by atoms with Gasteiger partial charge in [-0.3, -0.25) is 14.5 Å². The van der Waals surface area contributed by atoms with Crippen molar-refractivity contribution in [3.63, 3.8) is 0 Å². The first-order valence-electron chi connectivity index (χ1n) is 10.4. The summed E-state index contributed by atoms with van der Waals surface area (Å²) in [6.07, 6.45) is 1.66. The number of ether oxygens (including phenoxy) is 2. The van der Waals surface area contributed by atoms with E-state index in [4.69, 9.17) is 14.7 Å². The summed E-state index contributed by atoms with van der Waals surface area (Å²) in [7, 11) is 1.32. The standard InChI is InChI=1S/C24H17F3N4O4S/c1-34-20-11-15(12-21-22(32)31(23(33)36-21)9-8-30-7-6-29-14-30)2-5-19(20)35-18-4-3-16(13-28)10-17(18)24(25,26)27/h2-7,10-12,14H,8-9H2,1H3/b21-12-. The molecule has 12 heteroatoms. The summed E-state index contributed by atoms with van der Waals surface area (Å²) in [6.45, 7) is 0.584. The molecule has 1 aliphatic rings. The van der Waals surface area contributed by atoms with Crippen molar-refractivity contribution in [3.05, 3.63) is 76.7 Å². The molecule has 0 spiro atoms. The van der Waals surface area contributed by atoms with Gasteiger partial charge in [0.15, 0.2) is 11.5 Å². The number of imidazole rings is 1. The molecular weight excluding hydrogens is 497 g/mol. The maximum atomic E-state index is 13.5. The van der Waals surface area contributed by atoms with Crippen molar-refractivity contribution in [1.29, 1.82) is 5.26 Å². The zero-order valence-electron chi connectivity index (χ0n) is 18.7. The van der Waals surface area contributed by atoms with Gasteiger partial charge in [-0.1, -0.05) is 6.07 Å². The van der Waals surface area contributed by atoms with E-state index in [2.05, 4.69) is 4.98 Å². The lowest BCUT2D eigenvalue weighted by Crippen LogP contribution is -2.31. The van der Waals surface area contributed by atoms with Crippen molar-refractivity contribution in [2.24, 2.45) is 0 Å². The number of imide groups is 1. The number of methoxy groups -OCH3 is 1. The molecule has 2 amide bonds. The SMILES string of the molecule is COc1cc(/C=C2\SC(=O)N(CCn3ccnc3)C2=O)ccc1Oc1ccc(C#N)cc1C(F)(F)F. The Bertz CT molecular complexity index is 1380. The minimum Gasteiger partial charge on any atom is -0.493 e. The Hall–Kier alpha value is -4.24. The summed E-state index contributed by atoms with van der Waals surface area (Å²) in [4.78, 5) is 30.3. The molecule has 3 aromatic rings. The zero-order chi connectivity index (χ0) is 25.9. The Labute approximate surface area is 207 Å². The van der Waals surface area contributed by atoms with Gasteiger partial charge in [0, 0.05) is 25.5 Å². The van der Waals surface area contributed by atoms with Crippen LogP contribution in [0.1, 0.15) is 16.7 Å². The number of amides is 2. The van der Waals surface area contributed by atoms with Gasteiger partial charge >= 0.3 is 6.18 Å². The van der Waals surface area contributed by atoms with Crippen LogP contribution in [0.5, 0.6) is 17.2 Å². The van der Waals surface area contributed by atoms with E-state index in [9.17, 15) is 22.8 Å². The summed E-state index contributed by atoms with van der Waals surface area (Å²) in [5.74, 6) is -0.831. The lowest BCUT2D eigenvalue weighted by molar-refractivity contribution is -0.138. The Morgan fingerprint density at radius 2 is 1.89 bits per heavy atom. The van der Waals surface area contributed by atoms with E-state index < -0.39 is 28.6 Å². The molecule has 0 atom stereocenters. The van der Waals surface area contributed by atoms with E-state index in [0.717, 1.165) is 22.7 Å². The second-order valence-corrected chi connectivity index (χ2v) is 8.46. The first-order valence-corrected chi connectivity index (χ1v) is 11.2. The normalized spacial score (nSPS) is 14.9. The maximum absolute atomic E-state index is 13.5. The number of alkyl halides is 3. The van der Waals surface area contributed by atoms with Crippen molar-refractivity contribution < 1.29 is 32.2 Å². The Balaban J connectivity index is 1.55. The van der Waals surface area contributed by atoms with Crippen LogP contribution in [0.25, 0.3) is 6.08 Å². The molecule has 0 saturated carbocycles. The van der Waals surface area contributed by atoms with Crippen molar-refractivity contribution in [2.75, 3.05) is 13.7 Å². The summed E-state index contributed by atoms with van der Waals surface area (Å²) in [5.41, 5.74) is -0.775. The lowest BCUT2D eigenvalue weighted by Gasteiger charge is -2.16. The van der Waals surface area contributed by atoms with Crippen LogP contribution in [-0.2, 0) is 17.5 Å². The highest BCUT2D eigenvalue weighted by Gasteiger charge is 2.36. The molecule has 1 saturated heterocycles. The average Bonchev–Trinajstić information content (AvgIpc) is 3.46. The molecule has 184 valence electrons. The van der Waals surface area contributed by atoms with Crippen LogP contribution in [0.3, 0.4) is 0 Å². The van der Waals surface area contributed by atoms with E-state index in [0.29, 0.717) is 18.2 Å². The highest BCUT2D eigenvalue weighted by atomic mass is 32.2. The van der Waals surface area contributed by atoms with Crippen LogP contribution in [-0.4, -0.2) is 39.3 Å². The Morgan fingerprint density at radius 3 is 2.56 bits per heavy atom. The third-order valence-electron chi connectivity index (χ3n) is 5.13. The van der Waals surface area contributed by atoms with Crippen molar-refractivity contribution in [1.82, 2.24) is 14.5 Å². The van der Waals surface area contributed by atoms with E-state index in [1.54, 1.807) is 29.4 Å². The van der Waals surface area contributed by atoms with Crippen LogP contribution >= 0.6 is 11.8 Å². The number of thioether (sulfide) groups is 1. The van der Waals surface area contributed by atoms with Crippen LogP contribution in [0, 0.1) is 11.3 Å². The molecular formula is C24H17F3N4O4S. The fraction of sp³-hybridized carbons (Fsp3) is 0.167. The van der Waals surface area contributed by atoms with Gasteiger partial charge in [-0.2, -0.15) is 18.4 Å². The van der Waals surface area contributed by atoms with Gasteiger partial charge in [-0.05, 0) is 53.7 Å². The zero-order valence-corrected chi connectivity index (χ0v) is 19.5. The largest absolute Gasteiger partial charge is 0.493 e. The molecule has 0 bridgehead atoms. The number of rotatable bonds is 7. The monoisotopic (exact) mass is 514 g/mol. The van der Waals surface area contributed by atoms with Gasteiger partial charge in [0.25, 0.3) is 11.1 Å². The van der Waals surface area contributed by atoms with Gasteiger partial charge in [0.2, 0.25) is 0 Å². The molecule has 2 heterocycles. The maximum Gasteiger partial charge on any atom is 0.420 e. The Kier molecular flexibility index (Phi) is 7.03. The van der Waals surface area contributed by atoms with Gasteiger partial charge < -0.3 is 14.0 Å². The van der Waals surface area contributed by atoms with Crippen molar-refractivity contribution in [2.45, 2.75) is 12.7 Å². The van der Waals surface area contributed by atoms with Crippen LogP contribution < -0.4 is 9.47 Å². The molecule has 2 aromatic carbocycles. The molecule has 36 heavy (non-hydrogen) atoms. The summed E-state index contributed by atoms with van der Waals surface area (Å²) in [5, 5.41) is 8.52. The highest BCUT2D eigenvalue weighted by Crippen LogP contribution is 2.41. The minimum absolute atomic E-state index is 0.00158. The van der Waals surface area contributed by atoms with Gasteiger partial charge in [-0.25, -0.2) is 4.98 Å². The predicted octanol–water partition coefficient (Wildman–Crippen LogP) is 5.31. The molecule has 0 aliphatic carbocycles. The second kappa shape index (κ2) is 10.2. The van der Waals surface area contributed by atoms with Crippen LogP contribution in [0.2, 0.25) is 0 Å². The van der Waals surface area contributed by atoms with Crippen molar-refractivity contribution in [3.8, 4) is 23.3 Å². The van der Waals surface area contributed by atoms with Crippen molar-refractivity contribution >= 4 is 29.0 Å². The molecule has 1 aromatic heterocycles. The Morgan fingerprint density at radius 1 is 1.11 bits per heavy atom. The highest BCUT2D eigenvalue weighted by molar-refractivity contribution is 8.18. The molecule has 4 rings (SSSR count). The van der Waals surface area contributed by atoms with E-state index in [1.807, 2.05) is 0 Å². The van der Waals surface area contributed by atoms with Gasteiger partial charge in [0.05, 0.1) is 35.5 Å².